The van der Waals surface area contributed by atoms with Gasteiger partial charge in [-0.15, -0.1) is 19.7 Å². The highest BCUT2D eigenvalue weighted by atomic mass is 28.3. The highest BCUT2D eigenvalue weighted by Gasteiger charge is 2.19. The molecule has 0 bridgehead atoms. The van der Waals surface area contributed by atoms with Gasteiger partial charge < -0.3 is 5.73 Å². The molecule has 0 radical (unpaired) electrons. The zero-order valence-electron chi connectivity index (χ0n) is 7.05. The van der Waals surface area contributed by atoms with Gasteiger partial charge in [-0.2, -0.15) is 0 Å². The van der Waals surface area contributed by atoms with Crippen molar-refractivity contribution in [3.05, 3.63) is 36.8 Å². The van der Waals surface area contributed by atoms with Crippen LogP contribution in [0, 0.1) is 0 Å². The minimum Gasteiger partial charge on any atom is -0.330 e. The molecule has 0 fully saturated rings. The molecule has 0 aliphatic rings. The molecule has 0 spiro atoms. The third-order valence-electron chi connectivity index (χ3n) is 1.95. The lowest BCUT2D eigenvalue weighted by molar-refractivity contribution is 0.919. The molecule has 0 atom stereocenters. The molecule has 62 valence electrons. The van der Waals surface area contributed by atoms with Crippen LogP contribution < -0.4 is 5.73 Å². The third kappa shape index (κ3) is 2.86. The first-order chi connectivity index (χ1) is 5.24. The van der Waals surface area contributed by atoms with Gasteiger partial charge in [-0.05, 0) is 19.0 Å². The fraction of sp³-hybridized carbons (Fsp3) is 0.333. The molecule has 0 saturated heterocycles. The van der Waals surface area contributed by atoms with Crippen LogP contribution in [-0.4, -0.2) is 14.6 Å². The van der Waals surface area contributed by atoms with Crippen molar-refractivity contribution in [1.82, 2.24) is 0 Å². The van der Waals surface area contributed by atoms with Crippen molar-refractivity contribution >= 4 is 8.07 Å². The molecular formula is C9H17NSi. The molecule has 0 rings (SSSR count). The Hall–Kier alpha value is -0.603. The van der Waals surface area contributed by atoms with Gasteiger partial charge in [0.15, 0.2) is 0 Å². The molecule has 1 nitrogen and oxygen atoms in total. The molecule has 0 aromatic heterocycles. The Morgan fingerprint density at radius 3 is 1.82 bits per heavy atom. The monoisotopic (exact) mass is 167 g/mol. The molecule has 0 aromatic carbocycles. The van der Waals surface area contributed by atoms with Crippen LogP contribution in [0.3, 0.4) is 0 Å². The topological polar surface area (TPSA) is 26.0 Å². The van der Waals surface area contributed by atoms with Gasteiger partial charge in [-0.1, -0.05) is 17.1 Å². The zero-order chi connectivity index (χ0) is 8.74. The standard InChI is InChI=1S/C9H17NSi/c1-4-11(5-2,6-3)9-7-8-10/h4-6H,1-3,7-10H2. The van der Waals surface area contributed by atoms with Crippen molar-refractivity contribution in [3.8, 4) is 0 Å². The van der Waals surface area contributed by atoms with Crippen LogP contribution in [0.1, 0.15) is 6.42 Å². The van der Waals surface area contributed by atoms with Crippen molar-refractivity contribution in [3.63, 3.8) is 0 Å². The predicted octanol–water partition coefficient (Wildman–Crippen LogP) is 1.96. The zero-order valence-corrected chi connectivity index (χ0v) is 8.05. The largest absolute Gasteiger partial charge is 0.330 e. The summed E-state index contributed by atoms with van der Waals surface area (Å²) >= 11 is 0. The second-order valence-electron chi connectivity index (χ2n) is 2.62. The van der Waals surface area contributed by atoms with Crippen LogP contribution in [0.2, 0.25) is 6.04 Å². The van der Waals surface area contributed by atoms with Crippen molar-refractivity contribution in [1.29, 1.82) is 0 Å². The van der Waals surface area contributed by atoms with Gasteiger partial charge in [0.05, 0.1) is 0 Å². The Kier molecular flexibility index (Phi) is 4.82. The average Bonchev–Trinajstić information content (AvgIpc) is 2.08. The molecule has 0 unspecified atom stereocenters. The molecule has 2 N–H and O–H groups in total. The number of hydrogen-bond donors (Lipinski definition) is 1. The normalized spacial score (nSPS) is 10.6. The van der Waals surface area contributed by atoms with Gasteiger partial charge in [0, 0.05) is 0 Å². The predicted molar refractivity (Wildman–Crippen MR) is 54.8 cm³/mol. The molecule has 0 aliphatic heterocycles. The smallest absolute Gasteiger partial charge is 0.124 e. The van der Waals surface area contributed by atoms with E-state index in [-0.39, 0.29) is 0 Å². The summed E-state index contributed by atoms with van der Waals surface area (Å²) in [5.74, 6) is 0. The average molecular weight is 167 g/mol. The van der Waals surface area contributed by atoms with Crippen LogP contribution in [0.25, 0.3) is 0 Å². The lowest BCUT2D eigenvalue weighted by Gasteiger charge is -2.18. The van der Waals surface area contributed by atoms with E-state index < -0.39 is 8.07 Å². The van der Waals surface area contributed by atoms with Crippen LogP contribution >= 0.6 is 0 Å². The summed E-state index contributed by atoms with van der Waals surface area (Å²) in [7, 11) is -1.53. The lowest BCUT2D eigenvalue weighted by atomic mass is 10.5. The van der Waals surface area contributed by atoms with Crippen LogP contribution in [0.5, 0.6) is 0 Å². The van der Waals surface area contributed by atoms with E-state index in [1.54, 1.807) is 0 Å². The summed E-state index contributed by atoms with van der Waals surface area (Å²) in [4.78, 5) is 0. The number of rotatable bonds is 6. The van der Waals surface area contributed by atoms with Gasteiger partial charge in [-0.25, -0.2) is 0 Å². The van der Waals surface area contributed by atoms with Gasteiger partial charge in [-0.3, -0.25) is 0 Å². The first kappa shape index (κ1) is 10.4. The summed E-state index contributed by atoms with van der Waals surface area (Å²) in [6.07, 6.45) is 1.04. The summed E-state index contributed by atoms with van der Waals surface area (Å²) in [5.41, 5.74) is 11.4. The van der Waals surface area contributed by atoms with Gasteiger partial charge >= 0.3 is 0 Å². The Balaban J connectivity index is 4.16. The van der Waals surface area contributed by atoms with Gasteiger partial charge in [0.25, 0.3) is 0 Å². The minimum absolute atomic E-state index is 0.740. The SMILES string of the molecule is C=C[Si](C=C)(C=C)CCCN. The second-order valence-corrected chi connectivity index (χ2v) is 6.57. The highest BCUT2D eigenvalue weighted by Crippen LogP contribution is 2.15. The third-order valence-corrected chi connectivity index (χ3v) is 5.45. The van der Waals surface area contributed by atoms with E-state index in [0.717, 1.165) is 19.0 Å². The van der Waals surface area contributed by atoms with Crippen molar-refractivity contribution < 1.29 is 0 Å². The lowest BCUT2D eigenvalue weighted by Crippen LogP contribution is -2.27. The van der Waals surface area contributed by atoms with Gasteiger partial charge in [0.1, 0.15) is 8.07 Å². The van der Waals surface area contributed by atoms with E-state index in [0.29, 0.717) is 0 Å². The van der Waals surface area contributed by atoms with E-state index in [9.17, 15) is 0 Å². The summed E-state index contributed by atoms with van der Waals surface area (Å²) < 4.78 is 0. The molecule has 0 amide bonds. The molecule has 0 aromatic rings. The van der Waals surface area contributed by atoms with Crippen molar-refractivity contribution in [2.75, 3.05) is 6.54 Å². The fourth-order valence-electron chi connectivity index (χ4n) is 0.964. The Morgan fingerprint density at radius 2 is 1.55 bits per heavy atom. The van der Waals surface area contributed by atoms with E-state index >= 15 is 0 Å². The molecule has 0 aliphatic carbocycles. The van der Waals surface area contributed by atoms with Crippen LogP contribution in [-0.2, 0) is 0 Å². The Morgan fingerprint density at radius 1 is 1.09 bits per heavy atom. The minimum atomic E-state index is -1.53. The first-order valence-corrected chi connectivity index (χ1v) is 6.29. The first-order valence-electron chi connectivity index (χ1n) is 3.85. The van der Waals surface area contributed by atoms with Crippen LogP contribution in [0.4, 0.5) is 0 Å². The molecule has 0 heterocycles. The molecule has 0 saturated carbocycles. The van der Waals surface area contributed by atoms with Crippen molar-refractivity contribution in [2.45, 2.75) is 12.5 Å². The summed E-state index contributed by atoms with van der Waals surface area (Å²) in [6.45, 7) is 12.2. The number of nitrogens with two attached hydrogens (primary N) is 1. The van der Waals surface area contributed by atoms with E-state index in [1.807, 2.05) is 17.1 Å². The highest BCUT2D eigenvalue weighted by molar-refractivity contribution is 6.93. The molecule has 11 heavy (non-hydrogen) atoms. The van der Waals surface area contributed by atoms with Gasteiger partial charge in [0.2, 0.25) is 0 Å². The Bertz CT molecular complexity index is 130. The van der Waals surface area contributed by atoms with E-state index in [4.69, 9.17) is 5.73 Å². The van der Waals surface area contributed by atoms with E-state index in [1.165, 1.54) is 0 Å². The quantitative estimate of drug-likeness (QED) is 0.601. The summed E-state index contributed by atoms with van der Waals surface area (Å²) in [5, 5.41) is 0. The summed E-state index contributed by atoms with van der Waals surface area (Å²) in [6, 6.07) is 1.10. The maximum absolute atomic E-state index is 5.42. The van der Waals surface area contributed by atoms with E-state index in [2.05, 4.69) is 19.7 Å². The number of hydrogen-bond acceptors (Lipinski definition) is 1. The maximum Gasteiger partial charge on any atom is 0.124 e. The fourth-order valence-corrected chi connectivity index (χ4v) is 2.89. The second kappa shape index (κ2) is 5.10. The molecular weight excluding hydrogens is 150 g/mol. The Labute approximate surface area is 70.3 Å². The van der Waals surface area contributed by atoms with Crippen LogP contribution in [0.15, 0.2) is 36.8 Å². The maximum atomic E-state index is 5.42. The molecule has 2 heteroatoms. The van der Waals surface area contributed by atoms with Crippen molar-refractivity contribution in [2.24, 2.45) is 5.73 Å².